The zero-order chi connectivity index (χ0) is 17.9. The molecule has 0 aliphatic heterocycles. The van der Waals surface area contributed by atoms with E-state index >= 15 is 0 Å². The van der Waals surface area contributed by atoms with Gasteiger partial charge in [0.25, 0.3) is 10.0 Å². The fraction of sp³-hybridized carbons (Fsp3) is 0.188. The summed E-state index contributed by atoms with van der Waals surface area (Å²) < 4.78 is 32.4. The molecule has 0 unspecified atom stereocenters. The van der Waals surface area contributed by atoms with Gasteiger partial charge in [-0.05, 0) is 55.0 Å². The molecule has 0 amide bonds. The van der Waals surface area contributed by atoms with Gasteiger partial charge >= 0.3 is 5.97 Å². The summed E-state index contributed by atoms with van der Waals surface area (Å²) in [5, 5.41) is 0.424. The van der Waals surface area contributed by atoms with E-state index in [9.17, 15) is 13.2 Å². The molecule has 5 nitrogen and oxygen atoms in total. The van der Waals surface area contributed by atoms with Crippen LogP contribution >= 0.6 is 27.5 Å². The summed E-state index contributed by atoms with van der Waals surface area (Å²) in [4.78, 5) is 11.8. The minimum Gasteiger partial charge on any atom is -0.468 e. The van der Waals surface area contributed by atoms with Crippen LogP contribution in [0.2, 0.25) is 5.02 Å². The Bertz CT molecular complexity index is 853. The van der Waals surface area contributed by atoms with Gasteiger partial charge in [-0.1, -0.05) is 27.5 Å². The summed E-state index contributed by atoms with van der Waals surface area (Å²) in [6.07, 6.45) is 0. The molecule has 128 valence electrons. The summed E-state index contributed by atoms with van der Waals surface area (Å²) in [5.74, 6) is -0.659. The Kier molecular flexibility index (Phi) is 5.90. The first-order valence-electron chi connectivity index (χ1n) is 6.87. The van der Waals surface area contributed by atoms with Crippen LogP contribution in [-0.4, -0.2) is 28.0 Å². The van der Waals surface area contributed by atoms with Crippen LogP contribution in [0, 0.1) is 6.92 Å². The number of nitrogens with zero attached hydrogens (tertiary/aromatic N) is 1. The molecule has 8 heteroatoms. The van der Waals surface area contributed by atoms with Crippen LogP contribution in [0.15, 0.2) is 51.8 Å². The van der Waals surface area contributed by atoms with Crippen LogP contribution in [0.5, 0.6) is 0 Å². The number of carbonyl (C=O) groups is 1. The number of carbonyl (C=O) groups excluding carboxylic acids is 1. The number of esters is 1. The van der Waals surface area contributed by atoms with Gasteiger partial charge in [0.2, 0.25) is 0 Å². The summed E-state index contributed by atoms with van der Waals surface area (Å²) in [7, 11) is -2.74. The van der Waals surface area contributed by atoms with Crippen molar-refractivity contribution >= 4 is 49.2 Å². The highest BCUT2D eigenvalue weighted by atomic mass is 79.9. The second-order valence-electron chi connectivity index (χ2n) is 4.98. The van der Waals surface area contributed by atoms with Gasteiger partial charge in [-0.15, -0.1) is 0 Å². The van der Waals surface area contributed by atoms with Crippen molar-refractivity contribution < 1.29 is 17.9 Å². The number of rotatable bonds is 5. The smallest absolute Gasteiger partial charge is 0.326 e. The first-order chi connectivity index (χ1) is 11.3. The van der Waals surface area contributed by atoms with Gasteiger partial charge < -0.3 is 4.74 Å². The van der Waals surface area contributed by atoms with Crippen molar-refractivity contribution in [3.63, 3.8) is 0 Å². The molecule has 0 saturated carbocycles. The standard InChI is InChI=1S/C16H15BrClNO4S/c1-11-9-13(5-8-15(11)17)19(10-16(20)23-2)24(21,22)14-6-3-12(18)4-7-14/h3-9H,10H2,1-2H3. The van der Waals surface area contributed by atoms with Crippen molar-refractivity contribution in [2.24, 2.45) is 0 Å². The quantitative estimate of drug-likeness (QED) is 0.675. The lowest BCUT2D eigenvalue weighted by Gasteiger charge is -2.24. The second-order valence-corrected chi connectivity index (χ2v) is 8.13. The second kappa shape index (κ2) is 7.55. The first-order valence-corrected chi connectivity index (χ1v) is 9.48. The molecular formula is C16H15BrClNO4S. The Morgan fingerprint density at radius 1 is 1.21 bits per heavy atom. The Morgan fingerprint density at radius 3 is 2.38 bits per heavy atom. The summed E-state index contributed by atoms with van der Waals surface area (Å²) >= 11 is 9.19. The highest BCUT2D eigenvalue weighted by molar-refractivity contribution is 9.10. The third-order valence-electron chi connectivity index (χ3n) is 3.33. The molecule has 0 spiro atoms. The molecule has 0 aliphatic carbocycles. The molecule has 0 fully saturated rings. The highest BCUT2D eigenvalue weighted by Crippen LogP contribution is 2.28. The number of anilines is 1. The number of halogens is 2. The summed E-state index contributed by atoms with van der Waals surface area (Å²) in [6.45, 7) is 1.40. The van der Waals surface area contributed by atoms with E-state index in [1.54, 1.807) is 18.2 Å². The lowest BCUT2D eigenvalue weighted by atomic mass is 10.2. The normalized spacial score (nSPS) is 11.2. The number of ether oxygens (including phenoxy) is 1. The van der Waals surface area contributed by atoms with Gasteiger partial charge in [0.1, 0.15) is 6.54 Å². The number of hydrogen-bond acceptors (Lipinski definition) is 4. The third-order valence-corrected chi connectivity index (χ3v) is 6.26. The average molecular weight is 433 g/mol. The van der Waals surface area contributed by atoms with E-state index in [1.165, 1.54) is 31.4 Å². The summed E-state index contributed by atoms with van der Waals surface area (Å²) in [5.41, 5.74) is 1.21. The van der Waals surface area contributed by atoms with E-state index in [2.05, 4.69) is 20.7 Å². The fourth-order valence-corrected chi connectivity index (χ4v) is 3.79. The van der Waals surface area contributed by atoms with Gasteiger partial charge in [-0.25, -0.2) is 8.42 Å². The monoisotopic (exact) mass is 431 g/mol. The van der Waals surface area contributed by atoms with Gasteiger partial charge in [0, 0.05) is 9.50 Å². The topological polar surface area (TPSA) is 63.7 Å². The average Bonchev–Trinajstić information content (AvgIpc) is 2.55. The van der Waals surface area contributed by atoms with E-state index in [0.29, 0.717) is 10.7 Å². The molecule has 2 rings (SSSR count). The van der Waals surface area contributed by atoms with Crippen LogP contribution in [0.4, 0.5) is 5.69 Å². The van der Waals surface area contributed by atoms with E-state index < -0.39 is 22.5 Å². The Labute approximate surface area is 154 Å². The molecule has 0 atom stereocenters. The molecule has 0 saturated heterocycles. The molecule has 0 bridgehead atoms. The minimum atomic E-state index is -3.95. The Morgan fingerprint density at radius 2 is 1.83 bits per heavy atom. The van der Waals surface area contributed by atoms with Gasteiger partial charge in [0.15, 0.2) is 0 Å². The van der Waals surface area contributed by atoms with Crippen LogP contribution in [-0.2, 0) is 19.6 Å². The van der Waals surface area contributed by atoms with E-state index in [-0.39, 0.29) is 4.90 Å². The Balaban J connectivity index is 2.54. The third kappa shape index (κ3) is 4.09. The van der Waals surface area contributed by atoms with E-state index in [4.69, 9.17) is 11.6 Å². The van der Waals surface area contributed by atoms with Crippen molar-refractivity contribution in [2.75, 3.05) is 18.0 Å². The molecule has 0 N–H and O–H groups in total. The molecule has 2 aromatic rings. The van der Waals surface area contributed by atoms with Gasteiger partial charge in [0.05, 0.1) is 17.7 Å². The largest absolute Gasteiger partial charge is 0.468 e. The van der Waals surface area contributed by atoms with Crippen molar-refractivity contribution in [1.29, 1.82) is 0 Å². The van der Waals surface area contributed by atoms with Crippen molar-refractivity contribution in [3.05, 3.63) is 57.5 Å². The van der Waals surface area contributed by atoms with Crippen molar-refractivity contribution in [1.82, 2.24) is 0 Å². The van der Waals surface area contributed by atoms with Crippen molar-refractivity contribution in [3.8, 4) is 0 Å². The van der Waals surface area contributed by atoms with Crippen LogP contribution in [0.3, 0.4) is 0 Å². The van der Waals surface area contributed by atoms with Crippen LogP contribution in [0.1, 0.15) is 5.56 Å². The highest BCUT2D eigenvalue weighted by Gasteiger charge is 2.27. The SMILES string of the molecule is COC(=O)CN(c1ccc(Br)c(C)c1)S(=O)(=O)c1ccc(Cl)cc1. The zero-order valence-electron chi connectivity index (χ0n) is 13.0. The number of benzene rings is 2. The van der Waals surface area contributed by atoms with E-state index in [1.807, 2.05) is 6.92 Å². The molecule has 0 radical (unpaired) electrons. The maximum atomic E-state index is 13.0. The molecule has 24 heavy (non-hydrogen) atoms. The van der Waals surface area contributed by atoms with Gasteiger partial charge in [-0.3, -0.25) is 9.10 Å². The lowest BCUT2D eigenvalue weighted by Crippen LogP contribution is -2.36. The molecule has 0 heterocycles. The maximum absolute atomic E-state index is 13.0. The molecule has 0 aliphatic rings. The van der Waals surface area contributed by atoms with Crippen LogP contribution in [0.25, 0.3) is 0 Å². The minimum absolute atomic E-state index is 0.0383. The Hall–Kier alpha value is -1.57. The summed E-state index contributed by atoms with van der Waals surface area (Å²) in [6, 6.07) is 10.8. The zero-order valence-corrected chi connectivity index (χ0v) is 16.2. The van der Waals surface area contributed by atoms with E-state index in [0.717, 1.165) is 14.3 Å². The number of aryl methyl sites for hydroxylation is 1. The molecule has 2 aromatic carbocycles. The predicted octanol–water partition coefficient (Wildman–Crippen LogP) is 3.78. The maximum Gasteiger partial charge on any atom is 0.326 e. The number of methoxy groups -OCH3 is 1. The number of hydrogen-bond donors (Lipinski definition) is 0. The fourth-order valence-electron chi connectivity index (χ4n) is 2.01. The first kappa shape index (κ1) is 18.8. The molecular weight excluding hydrogens is 418 g/mol. The van der Waals surface area contributed by atoms with Crippen LogP contribution < -0.4 is 4.31 Å². The lowest BCUT2D eigenvalue weighted by molar-refractivity contribution is -0.138. The van der Waals surface area contributed by atoms with Gasteiger partial charge in [-0.2, -0.15) is 0 Å². The van der Waals surface area contributed by atoms with Crippen molar-refractivity contribution in [2.45, 2.75) is 11.8 Å². The molecule has 0 aromatic heterocycles. The number of sulfonamides is 1. The predicted molar refractivity (Wildman–Crippen MR) is 96.9 cm³/mol.